The number of carbonyl (C=O) groups is 1. The number of hydrogen-bond acceptors (Lipinski definition) is 5. The molecule has 0 unspecified atom stereocenters. The van der Waals surface area contributed by atoms with Crippen LogP contribution in [0.1, 0.15) is 10.4 Å². The number of carbonyl (C=O) groups excluding carboxylic acids is 1. The van der Waals surface area contributed by atoms with E-state index in [1.807, 2.05) is 0 Å². The van der Waals surface area contributed by atoms with Crippen molar-refractivity contribution in [3.8, 4) is 22.6 Å². The second-order valence-electron chi connectivity index (χ2n) is 4.25. The van der Waals surface area contributed by atoms with Crippen LogP contribution in [0.25, 0.3) is 11.1 Å². The summed E-state index contributed by atoms with van der Waals surface area (Å²) in [6, 6.07) is 9.33. The number of rotatable bonds is 5. The first-order chi connectivity index (χ1) is 10.1. The van der Waals surface area contributed by atoms with Gasteiger partial charge in [0.05, 0.1) is 24.7 Å². The Morgan fingerprint density at radius 1 is 1.05 bits per heavy atom. The molecule has 108 valence electrons. The van der Waals surface area contributed by atoms with E-state index in [4.69, 9.17) is 9.47 Å². The molecule has 0 aliphatic heterocycles. The van der Waals surface area contributed by atoms with Crippen molar-refractivity contribution in [2.75, 3.05) is 14.2 Å². The highest BCUT2D eigenvalue weighted by molar-refractivity contribution is 5.82. The lowest BCUT2D eigenvalue weighted by atomic mass is 10.0. The van der Waals surface area contributed by atoms with Crippen molar-refractivity contribution in [2.24, 2.45) is 0 Å². The van der Waals surface area contributed by atoms with Gasteiger partial charge in [-0.3, -0.25) is 14.9 Å². The molecule has 2 aromatic rings. The molecule has 0 radical (unpaired) electrons. The maximum atomic E-state index is 11.2. The number of nitro benzene ring substituents is 1. The Morgan fingerprint density at radius 3 is 2.14 bits per heavy atom. The molecular weight excluding hydrogens is 274 g/mol. The summed E-state index contributed by atoms with van der Waals surface area (Å²) in [7, 11) is 3.00. The normalized spacial score (nSPS) is 10.0. The molecule has 6 heteroatoms. The summed E-state index contributed by atoms with van der Waals surface area (Å²) < 4.78 is 10.3. The average molecular weight is 287 g/mol. The molecule has 0 aliphatic rings. The topological polar surface area (TPSA) is 78.7 Å². The Kier molecular flexibility index (Phi) is 4.18. The third-order valence-electron chi connectivity index (χ3n) is 3.02. The van der Waals surface area contributed by atoms with E-state index in [9.17, 15) is 14.9 Å². The minimum absolute atomic E-state index is 0.144. The van der Waals surface area contributed by atoms with Gasteiger partial charge in [0.15, 0.2) is 0 Å². The van der Waals surface area contributed by atoms with Crippen LogP contribution in [-0.2, 0) is 0 Å². The summed E-state index contributed by atoms with van der Waals surface area (Å²) in [5, 5.41) is 11.2. The predicted octanol–water partition coefficient (Wildman–Crippen LogP) is 3.09. The molecule has 0 fully saturated rings. The van der Waals surface area contributed by atoms with E-state index in [1.54, 1.807) is 18.2 Å². The molecule has 0 spiro atoms. The van der Waals surface area contributed by atoms with Gasteiger partial charge in [-0.05, 0) is 23.8 Å². The predicted molar refractivity (Wildman–Crippen MR) is 77.0 cm³/mol. The number of hydrogen-bond donors (Lipinski definition) is 0. The van der Waals surface area contributed by atoms with Crippen LogP contribution < -0.4 is 9.47 Å². The fourth-order valence-electron chi connectivity index (χ4n) is 1.98. The Hall–Kier alpha value is -2.89. The van der Waals surface area contributed by atoms with Crippen molar-refractivity contribution in [3.05, 3.63) is 52.1 Å². The van der Waals surface area contributed by atoms with E-state index in [-0.39, 0.29) is 11.3 Å². The zero-order valence-corrected chi connectivity index (χ0v) is 11.5. The zero-order valence-electron chi connectivity index (χ0n) is 11.5. The van der Waals surface area contributed by atoms with Crippen molar-refractivity contribution in [2.45, 2.75) is 0 Å². The zero-order chi connectivity index (χ0) is 15.4. The van der Waals surface area contributed by atoms with Crippen LogP contribution in [0.5, 0.6) is 11.5 Å². The summed E-state index contributed by atoms with van der Waals surface area (Å²) in [6.45, 7) is 0. The summed E-state index contributed by atoms with van der Waals surface area (Å²) in [5.41, 5.74) is 1.08. The molecule has 0 atom stereocenters. The molecule has 0 saturated heterocycles. The van der Waals surface area contributed by atoms with Gasteiger partial charge in [0, 0.05) is 17.7 Å². The molecular formula is C15H13NO5. The molecule has 2 rings (SSSR count). The Bertz CT molecular complexity index is 674. The van der Waals surface area contributed by atoms with Crippen LogP contribution in [0.15, 0.2) is 36.4 Å². The number of ether oxygens (including phenoxy) is 2. The van der Waals surface area contributed by atoms with Gasteiger partial charge in [0.25, 0.3) is 5.69 Å². The lowest BCUT2D eigenvalue weighted by molar-refractivity contribution is -0.384. The SMILES string of the molecule is COc1cc(OC)cc(-c2ccc(C=O)cc2[N+](=O)[O-])c1. The van der Waals surface area contributed by atoms with Crippen LogP contribution in [0, 0.1) is 10.1 Å². The molecule has 21 heavy (non-hydrogen) atoms. The molecule has 0 N–H and O–H groups in total. The number of nitro groups is 1. The van der Waals surface area contributed by atoms with E-state index in [2.05, 4.69) is 0 Å². The standard InChI is InChI=1S/C15H13NO5/c1-20-12-6-11(7-13(8-12)21-2)14-4-3-10(9-17)5-15(14)16(18)19/h3-9H,1-2H3. The molecule has 0 aromatic heterocycles. The summed E-state index contributed by atoms with van der Waals surface area (Å²) in [5.74, 6) is 1.05. The second kappa shape index (κ2) is 6.04. The third-order valence-corrected chi connectivity index (χ3v) is 3.02. The summed E-state index contributed by atoms with van der Waals surface area (Å²) in [6.07, 6.45) is 0.572. The highest BCUT2D eigenvalue weighted by Crippen LogP contribution is 2.35. The minimum Gasteiger partial charge on any atom is -0.497 e. The maximum Gasteiger partial charge on any atom is 0.277 e. The Labute approximate surface area is 121 Å². The van der Waals surface area contributed by atoms with E-state index in [0.29, 0.717) is 28.9 Å². The Morgan fingerprint density at radius 2 is 1.67 bits per heavy atom. The largest absolute Gasteiger partial charge is 0.497 e. The van der Waals surface area contributed by atoms with Crippen LogP contribution in [0.4, 0.5) is 5.69 Å². The van der Waals surface area contributed by atoms with Gasteiger partial charge in [-0.1, -0.05) is 6.07 Å². The van der Waals surface area contributed by atoms with Crippen LogP contribution in [-0.4, -0.2) is 25.4 Å². The first-order valence-corrected chi connectivity index (χ1v) is 6.06. The van der Waals surface area contributed by atoms with Crippen molar-refractivity contribution in [1.29, 1.82) is 0 Å². The Balaban J connectivity index is 2.65. The van der Waals surface area contributed by atoms with E-state index < -0.39 is 4.92 Å². The summed E-state index contributed by atoms with van der Waals surface area (Å²) in [4.78, 5) is 21.4. The van der Waals surface area contributed by atoms with Gasteiger partial charge < -0.3 is 9.47 Å². The first kappa shape index (κ1) is 14.5. The first-order valence-electron chi connectivity index (χ1n) is 6.06. The monoisotopic (exact) mass is 287 g/mol. The van der Waals surface area contributed by atoms with Crippen LogP contribution in [0.3, 0.4) is 0 Å². The number of nitrogens with zero attached hydrogens (tertiary/aromatic N) is 1. The molecule has 6 nitrogen and oxygen atoms in total. The summed E-state index contributed by atoms with van der Waals surface area (Å²) >= 11 is 0. The van der Waals surface area contributed by atoms with Gasteiger partial charge in [-0.15, -0.1) is 0 Å². The van der Waals surface area contributed by atoms with Crippen LogP contribution in [0.2, 0.25) is 0 Å². The van der Waals surface area contributed by atoms with Crippen molar-refractivity contribution < 1.29 is 19.2 Å². The van der Waals surface area contributed by atoms with Crippen molar-refractivity contribution >= 4 is 12.0 Å². The molecule has 0 heterocycles. The highest BCUT2D eigenvalue weighted by Gasteiger charge is 2.17. The molecule has 0 aliphatic carbocycles. The highest BCUT2D eigenvalue weighted by atomic mass is 16.6. The van der Waals surface area contributed by atoms with Gasteiger partial charge in [-0.2, -0.15) is 0 Å². The lowest BCUT2D eigenvalue weighted by Gasteiger charge is -2.09. The number of benzene rings is 2. The number of aldehydes is 1. The van der Waals surface area contributed by atoms with Gasteiger partial charge in [-0.25, -0.2) is 0 Å². The van der Waals surface area contributed by atoms with Crippen molar-refractivity contribution in [3.63, 3.8) is 0 Å². The van der Waals surface area contributed by atoms with Gasteiger partial charge in [0.1, 0.15) is 17.8 Å². The van der Waals surface area contributed by atoms with Crippen LogP contribution >= 0.6 is 0 Å². The fourth-order valence-corrected chi connectivity index (χ4v) is 1.98. The lowest BCUT2D eigenvalue weighted by Crippen LogP contribution is -1.95. The third kappa shape index (κ3) is 3.00. The van der Waals surface area contributed by atoms with E-state index in [0.717, 1.165) is 0 Å². The fraction of sp³-hybridized carbons (Fsp3) is 0.133. The minimum atomic E-state index is -0.520. The molecule has 0 saturated carbocycles. The molecule has 0 bridgehead atoms. The van der Waals surface area contributed by atoms with E-state index >= 15 is 0 Å². The molecule has 0 amide bonds. The van der Waals surface area contributed by atoms with Gasteiger partial charge in [0.2, 0.25) is 0 Å². The quantitative estimate of drug-likeness (QED) is 0.479. The smallest absolute Gasteiger partial charge is 0.277 e. The van der Waals surface area contributed by atoms with E-state index in [1.165, 1.54) is 32.4 Å². The second-order valence-corrected chi connectivity index (χ2v) is 4.25. The molecule has 2 aromatic carbocycles. The van der Waals surface area contributed by atoms with Gasteiger partial charge >= 0.3 is 0 Å². The average Bonchev–Trinajstić information content (AvgIpc) is 2.53. The van der Waals surface area contributed by atoms with Crippen molar-refractivity contribution in [1.82, 2.24) is 0 Å². The number of methoxy groups -OCH3 is 2. The maximum absolute atomic E-state index is 11.2.